The van der Waals surface area contributed by atoms with Crippen molar-refractivity contribution >= 4 is 48.2 Å². The average Bonchev–Trinajstić information content (AvgIpc) is 3.11. The fourth-order valence-corrected chi connectivity index (χ4v) is 5.34. The molecule has 2 aromatic rings. The molecule has 3 rings (SSSR count). The van der Waals surface area contributed by atoms with E-state index in [-0.39, 0.29) is 47.5 Å². The summed E-state index contributed by atoms with van der Waals surface area (Å²) in [5.41, 5.74) is 0.255. The summed E-state index contributed by atoms with van der Waals surface area (Å²) >= 11 is 4.16. The summed E-state index contributed by atoms with van der Waals surface area (Å²) in [5, 5.41) is 12.1. The first-order valence-electron chi connectivity index (χ1n) is 7.57. The van der Waals surface area contributed by atoms with Gasteiger partial charge >= 0.3 is 5.00 Å². The normalized spacial score (nSPS) is 15.8. The van der Waals surface area contributed by atoms with Gasteiger partial charge in [0.05, 0.1) is 15.4 Å². The van der Waals surface area contributed by atoms with Crippen LogP contribution < -0.4 is 0 Å². The third kappa shape index (κ3) is 3.80. The van der Waals surface area contributed by atoms with Gasteiger partial charge in [0.15, 0.2) is 0 Å². The topological polar surface area (TPSA) is 101 Å². The van der Waals surface area contributed by atoms with Crippen LogP contribution in [0, 0.1) is 10.1 Å². The lowest BCUT2D eigenvalue weighted by Gasteiger charge is -2.33. The highest BCUT2D eigenvalue weighted by Crippen LogP contribution is 2.25. The smallest absolute Gasteiger partial charge is 0.324 e. The number of amides is 1. The predicted molar refractivity (Wildman–Crippen MR) is 99.8 cm³/mol. The summed E-state index contributed by atoms with van der Waals surface area (Å²) < 4.78 is 27.4. The van der Waals surface area contributed by atoms with E-state index in [2.05, 4.69) is 15.9 Å². The van der Waals surface area contributed by atoms with Crippen LogP contribution in [-0.2, 0) is 10.0 Å². The van der Waals surface area contributed by atoms with E-state index in [0.29, 0.717) is 4.47 Å². The SMILES string of the molecule is O=C(c1csc([N+](=O)[O-])c1)N1CCN(S(=O)(=O)c2cccc(Br)c2)CC1. The van der Waals surface area contributed by atoms with E-state index in [0.717, 1.165) is 11.3 Å². The molecular weight excluding hydrogens is 446 g/mol. The van der Waals surface area contributed by atoms with Gasteiger partial charge in [0.25, 0.3) is 5.91 Å². The van der Waals surface area contributed by atoms with Crippen LogP contribution in [0.5, 0.6) is 0 Å². The minimum Gasteiger partial charge on any atom is -0.336 e. The number of sulfonamides is 1. The minimum absolute atomic E-state index is 0.0933. The molecule has 1 fully saturated rings. The second-order valence-electron chi connectivity index (χ2n) is 5.58. The second kappa shape index (κ2) is 7.43. The molecule has 0 atom stereocenters. The molecule has 0 radical (unpaired) electrons. The quantitative estimate of drug-likeness (QED) is 0.516. The number of benzene rings is 1. The lowest BCUT2D eigenvalue weighted by atomic mass is 10.2. The summed E-state index contributed by atoms with van der Waals surface area (Å²) in [6, 6.07) is 7.72. The van der Waals surface area contributed by atoms with Gasteiger partial charge in [-0.1, -0.05) is 33.3 Å². The highest BCUT2D eigenvalue weighted by atomic mass is 79.9. The van der Waals surface area contributed by atoms with Crippen LogP contribution in [0.3, 0.4) is 0 Å². The van der Waals surface area contributed by atoms with Crippen molar-refractivity contribution in [1.29, 1.82) is 0 Å². The van der Waals surface area contributed by atoms with E-state index in [1.807, 2.05) is 0 Å². The van der Waals surface area contributed by atoms with E-state index in [1.165, 1.54) is 32.8 Å². The third-order valence-corrected chi connectivity index (χ3v) is 7.24. The number of carbonyl (C=O) groups excluding carboxylic acids is 1. The standard InChI is InChI=1S/C15H14BrN3O5S2/c16-12-2-1-3-13(9-12)26(23,24)18-6-4-17(5-7-18)15(20)11-8-14(19(21)22)25-10-11/h1-3,8-10H,4-7H2. The lowest BCUT2D eigenvalue weighted by molar-refractivity contribution is -0.380. The first kappa shape index (κ1) is 19.0. The molecule has 0 unspecified atom stereocenters. The van der Waals surface area contributed by atoms with Crippen LogP contribution in [0.1, 0.15) is 10.4 Å². The monoisotopic (exact) mass is 459 g/mol. The fourth-order valence-electron chi connectivity index (χ4n) is 2.62. The maximum Gasteiger partial charge on any atom is 0.324 e. The number of thiophene rings is 1. The largest absolute Gasteiger partial charge is 0.336 e. The molecule has 0 spiro atoms. The molecule has 2 heterocycles. The minimum atomic E-state index is -3.63. The molecule has 1 aromatic carbocycles. The van der Waals surface area contributed by atoms with Gasteiger partial charge in [-0.25, -0.2) is 8.42 Å². The average molecular weight is 460 g/mol. The first-order chi connectivity index (χ1) is 12.3. The van der Waals surface area contributed by atoms with Crippen molar-refractivity contribution in [3.63, 3.8) is 0 Å². The van der Waals surface area contributed by atoms with Gasteiger partial charge in [0.2, 0.25) is 10.0 Å². The Morgan fingerprint density at radius 3 is 2.46 bits per heavy atom. The number of piperazine rings is 1. The summed E-state index contributed by atoms with van der Waals surface area (Å²) in [5.74, 6) is -0.325. The highest BCUT2D eigenvalue weighted by Gasteiger charge is 2.31. The predicted octanol–water partition coefficient (Wildman–Crippen LogP) is 2.57. The van der Waals surface area contributed by atoms with Gasteiger partial charge in [0, 0.05) is 42.1 Å². The molecule has 1 amide bonds. The summed E-state index contributed by atoms with van der Waals surface area (Å²) in [6.07, 6.45) is 0. The van der Waals surface area contributed by atoms with Gasteiger partial charge in [-0.05, 0) is 18.2 Å². The molecule has 1 aliphatic rings. The maximum atomic E-state index is 12.7. The van der Waals surface area contributed by atoms with Crippen molar-refractivity contribution in [1.82, 2.24) is 9.21 Å². The van der Waals surface area contributed by atoms with Crippen molar-refractivity contribution in [2.45, 2.75) is 4.90 Å². The Kier molecular flexibility index (Phi) is 5.42. The van der Waals surface area contributed by atoms with Crippen molar-refractivity contribution in [2.24, 2.45) is 0 Å². The molecule has 1 aliphatic heterocycles. The van der Waals surface area contributed by atoms with Crippen LogP contribution in [0.15, 0.2) is 45.1 Å². The zero-order valence-electron chi connectivity index (χ0n) is 13.4. The molecule has 138 valence electrons. The second-order valence-corrected chi connectivity index (χ2v) is 9.33. The Morgan fingerprint density at radius 1 is 1.19 bits per heavy atom. The molecular formula is C15H14BrN3O5S2. The van der Waals surface area contributed by atoms with Crippen LogP contribution in [0.4, 0.5) is 5.00 Å². The molecule has 0 bridgehead atoms. The van der Waals surface area contributed by atoms with E-state index in [1.54, 1.807) is 12.1 Å². The fraction of sp³-hybridized carbons (Fsp3) is 0.267. The van der Waals surface area contributed by atoms with Crippen molar-refractivity contribution in [3.05, 3.63) is 55.9 Å². The maximum absolute atomic E-state index is 12.7. The van der Waals surface area contributed by atoms with Crippen molar-refractivity contribution in [2.75, 3.05) is 26.2 Å². The Balaban J connectivity index is 1.68. The van der Waals surface area contributed by atoms with Gasteiger partial charge in [-0.3, -0.25) is 14.9 Å². The Hall–Kier alpha value is -1.82. The van der Waals surface area contributed by atoms with Crippen LogP contribution >= 0.6 is 27.3 Å². The molecule has 8 nitrogen and oxygen atoms in total. The Bertz CT molecular complexity index is 952. The van der Waals surface area contributed by atoms with E-state index in [9.17, 15) is 23.3 Å². The summed E-state index contributed by atoms with van der Waals surface area (Å²) in [7, 11) is -3.63. The number of hydrogen-bond donors (Lipinski definition) is 0. The Morgan fingerprint density at radius 2 is 1.88 bits per heavy atom. The third-order valence-electron chi connectivity index (χ3n) is 3.97. The number of rotatable bonds is 4. The number of hydrogen-bond acceptors (Lipinski definition) is 6. The number of nitrogens with zero attached hydrogens (tertiary/aromatic N) is 3. The van der Waals surface area contributed by atoms with E-state index < -0.39 is 14.9 Å². The van der Waals surface area contributed by atoms with Crippen molar-refractivity contribution < 1.29 is 18.1 Å². The molecule has 1 saturated heterocycles. The lowest BCUT2D eigenvalue weighted by Crippen LogP contribution is -2.50. The van der Waals surface area contributed by atoms with Crippen LogP contribution in [0.25, 0.3) is 0 Å². The van der Waals surface area contributed by atoms with Crippen LogP contribution in [0.2, 0.25) is 0 Å². The Labute approximate surface area is 162 Å². The zero-order valence-corrected chi connectivity index (χ0v) is 16.6. The van der Waals surface area contributed by atoms with Gasteiger partial charge in [-0.2, -0.15) is 4.31 Å². The van der Waals surface area contributed by atoms with Gasteiger partial charge in [0.1, 0.15) is 0 Å². The molecule has 1 aromatic heterocycles. The van der Waals surface area contributed by atoms with Gasteiger partial charge in [-0.15, -0.1) is 0 Å². The summed E-state index contributed by atoms with van der Waals surface area (Å²) in [6.45, 7) is 0.811. The first-order valence-corrected chi connectivity index (χ1v) is 10.7. The van der Waals surface area contributed by atoms with Crippen LogP contribution in [-0.4, -0.2) is 54.6 Å². The van der Waals surface area contributed by atoms with Crippen molar-refractivity contribution in [3.8, 4) is 0 Å². The zero-order chi connectivity index (χ0) is 18.9. The molecule has 0 aliphatic carbocycles. The van der Waals surface area contributed by atoms with E-state index >= 15 is 0 Å². The number of halogens is 1. The molecule has 11 heteroatoms. The highest BCUT2D eigenvalue weighted by molar-refractivity contribution is 9.10. The molecule has 26 heavy (non-hydrogen) atoms. The molecule has 0 saturated carbocycles. The number of nitro groups is 1. The molecule has 0 N–H and O–H groups in total. The number of carbonyl (C=O) groups is 1. The summed E-state index contributed by atoms with van der Waals surface area (Å²) in [4.78, 5) is 24.4. The van der Waals surface area contributed by atoms with Gasteiger partial charge < -0.3 is 4.90 Å². The van der Waals surface area contributed by atoms with E-state index in [4.69, 9.17) is 0 Å².